The molecule has 7 heteroatoms. The number of carbonyl (C=O) groups excluding carboxylic acids is 1. The highest BCUT2D eigenvalue weighted by Gasteiger charge is 2.25. The molecule has 0 amide bonds. The van der Waals surface area contributed by atoms with Crippen LogP contribution in [-0.4, -0.2) is 31.5 Å². The Labute approximate surface area is 151 Å². The Balaban J connectivity index is 2.26. The van der Waals surface area contributed by atoms with Gasteiger partial charge in [0, 0.05) is 17.5 Å². The molecule has 0 radical (unpaired) electrons. The van der Waals surface area contributed by atoms with E-state index < -0.39 is 17.0 Å². The van der Waals surface area contributed by atoms with Crippen LogP contribution in [0, 0.1) is 10.1 Å². The Morgan fingerprint density at radius 2 is 1.92 bits per heavy atom. The fraction of sp³-hybridized carbons (Fsp3) is 0.278. The normalized spacial score (nSPS) is 12.0. The monoisotopic (exact) mass is 363 g/mol. The van der Waals surface area contributed by atoms with E-state index in [0.717, 1.165) is 18.2 Å². The van der Waals surface area contributed by atoms with Gasteiger partial charge in [-0.2, -0.15) is 0 Å². The van der Waals surface area contributed by atoms with Gasteiger partial charge in [-0.1, -0.05) is 41.9 Å². The van der Waals surface area contributed by atoms with Gasteiger partial charge in [-0.05, 0) is 17.7 Å². The van der Waals surface area contributed by atoms with Crippen molar-refractivity contribution in [3.63, 3.8) is 0 Å². The number of ether oxygens (including phenoxy) is 1. The van der Waals surface area contributed by atoms with E-state index in [4.69, 9.17) is 16.3 Å². The van der Waals surface area contributed by atoms with Crippen molar-refractivity contribution < 1.29 is 19.4 Å². The lowest BCUT2D eigenvalue weighted by Gasteiger charge is -2.19. The maximum atomic E-state index is 12.5. The third-order valence-corrected chi connectivity index (χ3v) is 3.94. The summed E-state index contributed by atoms with van der Waals surface area (Å²) in [6, 6.07) is 13.3. The number of esters is 1. The van der Waals surface area contributed by atoms with Gasteiger partial charge in [0.15, 0.2) is 0 Å². The Hall–Kier alpha value is -2.44. The molecule has 0 bridgehead atoms. The standard InChI is InChI=1S/C18H19ClN2O4/c1-20(2)11-10-17(13-6-4-3-5-7-13)25-18(22)15-9-8-14(19)12-16(15)21(23)24/h3-9,12,17H,10-11H2,1-2H3/p+1/t17-/m1/s1. The Morgan fingerprint density at radius 3 is 2.52 bits per heavy atom. The topological polar surface area (TPSA) is 73.9 Å². The van der Waals surface area contributed by atoms with E-state index in [2.05, 4.69) is 0 Å². The molecule has 1 N–H and O–H groups in total. The molecule has 2 aromatic rings. The molecule has 0 aromatic heterocycles. The van der Waals surface area contributed by atoms with E-state index in [-0.39, 0.29) is 16.3 Å². The summed E-state index contributed by atoms with van der Waals surface area (Å²) in [6.45, 7) is 0.787. The van der Waals surface area contributed by atoms with E-state index in [1.54, 1.807) is 0 Å². The Bertz CT molecular complexity index is 750. The molecule has 0 heterocycles. The van der Waals surface area contributed by atoms with Gasteiger partial charge in [0.05, 0.1) is 25.6 Å². The van der Waals surface area contributed by atoms with Crippen LogP contribution in [0.1, 0.15) is 28.4 Å². The van der Waals surface area contributed by atoms with E-state index in [1.807, 2.05) is 44.4 Å². The van der Waals surface area contributed by atoms with Crippen LogP contribution < -0.4 is 4.90 Å². The van der Waals surface area contributed by atoms with E-state index in [1.165, 1.54) is 17.0 Å². The lowest BCUT2D eigenvalue weighted by molar-refractivity contribution is -0.858. The van der Waals surface area contributed by atoms with E-state index in [9.17, 15) is 14.9 Å². The van der Waals surface area contributed by atoms with Crippen LogP contribution >= 0.6 is 11.6 Å². The second kappa shape index (κ2) is 8.60. The van der Waals surface area contributed by atoms with Gasteiger partial charge >= 0.3 is 5.97 Å². The number of benzene rings is 2. The minimum absolute atomic E-state index is 0.104. The number of rotatable bonds is 7. The Morgan fingerprint density at radius 1 is 1.24 bits per heavy atom. The quantitative estimate of drug-likeness (QED) is 0.466. The molecule has 0 aliphatic rings. The molecule has 0 unspecified atom stereocenters. The lowest BCUT2D eigenvalue weighted by atomic mass is 10.1. The predicted octanol–water partition coefficient (Wildman–Crippen LogP) is 2.68. The van der Waals surface area contributed by atoms with Gasteiger partial charge in [-0.3, -0.25) is 10.1 Å². The van der Waals surface area contributed by atoms with Crippen molar-refractivity contribution in [1.29, 1.82) is 0 Å². The molecule has 0 fully saturated rings. The van der Waals surface area contributed by atoms with Crippen LogP contribution in [0.2, 0.25) is 5.02 Å². The first kappa shape index (κ1) is 18.9. The van der Waals surface area contributed by atoms with Crippen molar-refractivity contribution in [1.82, 2.24) is 0 Å². The molecule has 0 aliphatic carbocycles. The third kappa shape index (κ3) is 5.27. The van der Waals surface area contributed by atoms with Gasteiger partial charge in [-0.25, -0.2) is 4.79 Å². The zero-order valence-corrected chi connectivity index (χ0v) is 14.8. The average molecular weight is 364 g/mol. The number of halogens is 1. The maximum absolute atomic E-state index is 12.5. The van der Waals surface area contributed by atoms with Crippen LogP contribution in [-0.2, 0) is 4.74 Å². The largest absolute Gasteiger partial charge is 0.453 e. The molecule has 0 saturated carbocycles. The van der Waals surface area contributed by atoms with Crippen molar-refractivity contribution in [2.45, 2.75) is 12.5 Å². The number of nitrogens with one attached hydrogen (secondary N) is 1. The second-order valence-electron chi connectivity index (χ2n) is 5.97. The zero-order valence-electron chi connectivity index (χ0n) is 14.1. The van der Waals surface area contributed by atoms with Crippen molar-refractivity contribution in [2.24, 2.45) is 0 Å². The molecule has 0 spiro atoms. The SMILES string of the molecule is C[NH+](C)CC[C@@H](OC(=O)c1ccc(Cl)cc1[N+](=O)[O-])c1ccccc1. The van der Waals surface area contributed by atoms with Gasteiger partial charge in [0.2, 0.25) is 0 Å². The first-order valence-electron chi connectivity index (χ1n) is 7.87. The molecule has 2 aromatic carbocycles. The predicted molar refractivity (Wildman–Crippen MR) is 95.0 cm³/mol. The molecule has 2 rings (SSSR count). The molecule has 25 heavy (non-hydrogen) atoms. The van der Waals surface area contributed by atoms with Crippen LogP contribution in [0.4, 0.5) is 5.69 Å². The van der Waals surface area contributed by atoms with Crippen molar-refractivity contribution >= 4 is 23.3 Å². The highest BCUT2D eigenvalue weighted by atomic mass is 35.5. The summed E-state index contributed by atoms with van der Waals surface area (Å²) in [5.41, 5.74) is 0.392. The summed E-state index contributed by atoms with van der Waals surface area (Å²) < 4.78 is 5.60. The second-order valence-corrected chi connectivity index (χ2v) is 6.41. The van der Waals surface area contributed by atoms with Gasteiger partial charge in [0.1, 0.15) is 11.7 Å². The van der Waals surface area contributed by atoms with Gasteiger partial charge in [0.25, 0.3) is 5.69 Å². The van der Waals surface area contributed by atoms with Crippen LogP contribution in [0.15, 0.2) is 48.5 Å². The van der Waals surface area contributed by atoms with Crippen LogP contribution in [0.25, 0.3) is 0 Å². The molecule has 0 aliphatic heterocycles. The number of nitro groups is 1. The van der Waals surface area contributed by atoms with Crippen LogP contribution in [0.3, 0.4) is 0 Å². The molecule has 6 nitrogen and oxygen atoms in total. The third-order valence-electron chi connectivity index (χ3n) is 3.70. The summed E-state index contributed by atoms with van der Waals surface area (Å²) in [4.78, 5) is 24.3. The zero-order chi connectivity index (χ0) is 18.4. The van der Waals surface area contributed by atoms with Gasteiger partial charge < -0.3 is 9.64 Å². The number of carbonyl (C=O) groups is 1. The molecule has 132 valence electrons. The number of nitrogens with zero attached hydrogens (tertiary/aromatic N) is 1. The highest BCUT2D eigenvalue weighted by molar-refractivity contribution is 6.31. The smallest absolute Gasteiger partial charge is 0.345 e. The minimum atomic E-state index is -0.731. The summed E-state index contributed by atoms with van der Waals surface area (Å²) >= 11 is 5.79. The first-order valence-corrected chi connectivity index (χ1v) is 8.25. The highest BCUT2D eigenvalue weighted by Crippen LogP contribution is 2.27. The Kier molecular flexibility index (Phi) is 6.50. The molecular weight excluding hydrogens is 344 g/mol. The maximum Gasteiger partial charge on any atom is 0.345 e. The summed E-state index contributed by atoms with van der Waals surface area (Å²) in [7, 11) is 4.02. The minimum Gasteiger partial charge on any atom is -0.453 e. The molecule has 0 saturated heterocycles. The van der Waals surface area contributed by atoms with Crippen molar-refractivity contribution in [3.05, 3.63) is 74.8 Å². The number of quaternary nitrogens is 1. The number of hydrogen-bond acceptors (Lipinski definition) is 4. The number of nitro benzene ring substituents is 1. The van der Waals surface area contributed by atoms with Crippen LogP contribution in [0.5, 0.6) is 0 Å². The van der Waals surface area contributed by atoms with Crippen molar-refractivity contribution in [3.8, 4) is 0 Å². The molecular formula is C18H20ClN2O4+. The summed E-state index contributed by atoms with van der Waals surface area (Å²) in [5, 5.41) is 11.4. The lowest BCUT2D eigenvalue weighted by Crippen LogP contribution is -3.05. The van der Waals surface area contributed by atoms with E-state index >= 15 is 0 Å². The first-order chi connectivity index (χ1) is 11.9. The average Bonchev–Trinajstić information content (AvgIpc) is 2.58. The fourth-order valence-electron chi connectivity index (χ4n) is 2.40. The summed E-state index contributed by atoms with van der Waals surface area (Å²) in [5.74, 6) is -0.731. The fourth-order valence-corrected chi connectivity index (χ4v) is 2.57. The number of hydrogen-bond donors (Lipinski definition) is 1. The molecule has 1 atom stereocenters. The van der Waals surface area contributed by atoms with E-state index in [0.29, 0.717) is 6.42 Å². The van der Waals surface area contributed by atoms with Gasteiger partial charge in [-0.15, -0.1) is 0 Å². The summed E-state index contributed by atoms with van der Waals surface area (Å²) in [6.07, 6.45) is 0.137. The van der Waals surface area contributed by atoms with Crippen molar-refractivity contribution in [2.75, 3.05) is 20.6 Å².